The third-order valence-corrected chi connectivity index (χ3v) is 6.25. The Labute approximate surface area is 216 Å². The third kappa shape index (κ3) is 6.25. The van der Waals surface area contributed by atoms with Crippen molar-refractivity contribution in [2.24, 2.45) is 5.41 Å². The van der Waals surface area contributed by atoms with Crippen LogP contribution in [0.3, 0.4) is 0 Å². The molecule has 1 amide bonds. The van der Waals surface area contributed by atoms with Crippen molar-refractivity contribution >= 4 is 23.1 Å². The van der Waals surface area contributed by atoms with E-state index in [1.54, 1.807) is 19.1 Å². The number of aryl methyl sites for hydroxylation is 1. The molecule has 0 unspecified atom stereocenters. The Morgan fingerprint density at radius 1 is 1.11 bits per heavy atom. The topological polar surface area (TPSA) is 115 Å². The normalized spacial score (nSPS) is 17.2. The number of nitrogens with one attached hydrogen (secondary N) is 2. The molecule has 1 atom stereocenters. The van der Waals surface area contributed by atoms with Crippen molar-refractivity contribution in [2.75, 3.05) is 25.6 Å². The summed E-state index contributed by atoms with van der Waals surface area (Å²) >= 11 is 0. The monoisotopic (exact) mass is 529 g/mol. The van der Waals surface area contributed by atoms with Gasteiger partial charge in [-0.3, -0.25) is 14.6 Å². The van der Waals surface area contributed by atoms with Gasteiger partial charge >= 0.3 is 6.18 Å². The van der Waals surface area contributed by atoms with Gasteiger partial charge in [-0.1, -0.05) is 0 Å². The molecule has 1 saturated heterocycles. The van der Waals surface area contributed by atoms with Crippen molar-refractivity contribution in [2.45, 2.75) is 32.5 Å². The van der Waals surface area contributed by atoms with E-state index in [2.05, 4.69) is 25.6 Å². The molecule has 0 radical (unpaired) electrons. The van der Waals surface area contributed by atoms with Crippen LogP contribution in [0.4, 0.5) is 24.5 Å². The Balaban J connectivity index is 1.40. The molecule has 1 aliphatic heterocycles. The number of anilines is 2. The average Bonchev–Trinajstić information content (AvgIpc) is 3.37. The number of halogens is 3. The molecule has 2 N–H and O–H groups in total. The van der Waals surface area contributed by atoms with Gasteiger partial charge in [-0.15, -0.1) is 0 Å². The predicted molar refractivity (Wildman–Crippen MR) is 131 cm³/mol. The number of nitrogens with zero attached hydrogens (tertiary/aromatic N) is 3. The van der Waals surface area contributed by atoms with Gasteiger partial charge in [0.15, 0.2) is 5.78 Å². The number of carbonyl (C=O) groups excluding carboxylic acids is 2. The predicted octanol–water partition coefficient (Wildman–Crippen LogP) is 4.25. The molecule has 1 fully saturated rings. The van der Waals surface area contributed by atoms with Gasteiger partial charge in [0.2, 0.25) is 5.91 Å². The number of alkyl halides is 3. The summed E-state index contributed by atoms with van der Waals surface area (Å²) in [6, 6.07) is 6.77. The van der Waals surface area contributed by atoms with E-state index >= 15 is 0 Å². The van der Waals surface area contributed by atoms with Gasteiger partial charge in [0.25, 0.3) is 0 Å². The van der Waals surface area contributed by atoms with Crippen molar-refractivity contribution in [1.82, 2.24) is 20.3 Å². The number of amides is 1. The summed E-state index contributed by atoms with van der Waals surface area (Å²) < 4.78 is 50.8. The van der Waals surface area contributed by atoms with E-state index in [-0.39, 0.29) is 42.7 Å². The van der Waals surface area contributed by atoms with E-state index in [0.717, 1.165) is 6.07 Å². The molecule has 3 heterocycles. The van der Waals surface area contributed by atoms with Crippen LogP contribution in [0.2, 0.25) is 0 Å². The van der Waals surface area contributed by atoms with Crippen molar-refractivity contribution in [3.05, 3.63) is 71.6 Å². The number of ether oxygens (including phenoxy) is 2. The summed E-state index contributed by atoms with van der Waals surface area (Å²) in [5, 5.41) is 5.53. The highest BCUT2D eigenvalue weighted by Crippen LogP contribution is 2.38. The molecular formula is C26H26F3N5O4. The third-order valence-electron chi connectivity index (χ3n) is 6.25. The van der Waals surface area contributed by atoms with Crippen molar-refractivity contribution < 1.29 is 32.2 Å². The number of benzene rings is 1. The highest BCUT2D eigenvalue weighted by Gasteiger charge is 2.44. The van der Waals surface area contributed by atoms with Crippen molar-refractivity contribution in [3.63, 3.8) is 0 Å². The first-order valence-corrected chi connectivity index (χ1v) is 11.7. The molecule has 200 valence electrons. The molecule has 1 aliphatic rings. The zero-order chi connectivity index (χ0) is 27.3. The van der Waals surface area contributed by atoms with E-state index in [1.807, 2.05) is 0 Å². The lowest BCUT2D eigenvalue weighted by Gasteiger charge is -2.25. The first-order chi connectivity index (χ1) is 18.1. The lowest BCUT2D eigenvalue weighted by atomic mass is 9.80. The van der Waals surface area contributed by atoms with Gasteiger partial charge in [0.05, 0.1) is 60.1 Å². The van der Waals surface area contributed by atoms with E-state index in [0.29, 0.717) is 35.8 Å². The van der Waals surface area contributed by atoms with Gasteiger partial charge < -0.3 is 20.1 Å². The van der Waals surface area contributed by atoms with Gasteiger partial charge in [-0.2, -0.15) is 13.2 Å². The zero-order valence-electron chi connectivity index (χ0n) is 20.8. The number of ketones is 1. The van der Waals surface area contributed by atoms with Gasteiger partial charge in [0, 0.05) is 25.4 Å². The summed E-state index contributed by atoms with van der Waals surface area (Å²) in [7, 11) is 1.29. The maximum absolute atomic E-state index is 13.5. The molecule has 38 heavy (non-hydrogen) atoms. The molecule has 0 spiro atoms. The minimum Gasteiger partial charge on any atom is -0.497 e. The first kappa shape index (κ1) is 27.0. The van der Waals surface area contributed by atoms with Crippen LogP contribution in [-0.4, -0.2) is 47.0 Å². The van der Waals surface area contributed by atoms with Crippen LogP contribution in [0.1, 0.15) is 40.3 Å². The van der Waals surface area contributed by atoms with Gasteiger partial charge in [-0.05, 0) is 43.7 Å². The zero-order valence-corrected chi connectivity index (χ0v) is 20.8. The van der Waals surface area contributed by atoms with Crippen LogP contribution < -0.4 is 15.4 Å². The largest absolute Gasteiger partial charge is 0.497 e. The van der Waals surface area contributed by atoms with Crippen LogP contribution in [-0.2, 0) is 22.3 Å². The second-order valence-corrected chi connectivity index (χ2v) is 8.96. The molecule has 4 rings (SSSR count). The fourth-order valence-electron chi connectivity index (χ4n) is 4.06. The quantitative estimate of drug-likeness (QED) is 0.396. The maximum atomic E-state index is 13.5. The SMILES string of the molecule is COc1ccc(Nc2ccc(CNC(=O)[C@]3(CC(=O)c4cnc(C)nc4)CCOC3)nc2)c(C(F)(F)F)c1. The van der Waals surface area contributed by atoms with E-state index < -0.39 is 17.2 Å². The standard InChI is InChI=1S/C26H26F3N5O4/c1-16-30-11-17(12-31-16)23(35)10-25(7-8-38-15-25)24(36)33-13-18-3-4-19(14-32-18)34-22-6-5-20(37-2)9-21(22)26(27,28)29/h3-6,9,11-12,14,34H,7-8,10,13,15H2,1-2H3,(H,33,36)/t25-/m0/s1. The van der Waals surface area contributed by atoms with Crippen LogP contribution >= 0.6 is 0 Å². The van der Waals surface area contributed by atoms with Gasteiger partial charge in [-0.25, -0.2) is 9.97 Å². The van der Waals surface area contributed by atoms with Crippen LogP contribution in [0, 0.1) is 12.3 Å². The Bertz CT molecular complexity index is 1290. The highest BCUT2D eigenvalue weighted by molar-refractivity contribution is 5.99. The Morgan fingerprint density at radius 2 is 1.87 bits per heavy atom. The highest BCUT2D eigenvalue weighted by atomic mass is 19.4. The van der Waals surface area contributed by atoms with Crippen LogP contribution in [0.15, 0.2) is 48.9 Å². The molecule has 12 heteroatoms. The van der Waals surface area contributed by atoms with Crippen LogP contribution in [0.5, 0.6) is 5.75 Å². The fraction of sp³-hybridized carbons (Fsp3) is 0.346. The second kappa shape index (κ2) is 11.1. The minimum atomic E-state index is -4.58. The molecule has 9 nitrogen and oxygen atoms in total. The summed E-state index contributed by atoms with van der Waals surface area (Å²) in [6.07, 6.45) is 0.00977. The fourth-order valence-corrected chi connectivity index (χ4v) is 4.06. The van der Waals surface area contributed by atoms with E-state index in [1.165, 1.54) is 37.8 Å². The maximum Gasteiger partial charge on any atom is 0.418 e. The van der Waals surface area contributed by atoms with Crippen LogP contribution in [0.25, 0.3) is 0 Å². The molecular weight excluding hydrogens is 503 g/mol. The number of Topliss-reactive ketones (excluding diaryl/α,β-unsaturated/α-hetero) is 1. The van der Waals surface area contributed by atoms with Crippen molar-refractivity contribution in [1.29, 1.82) is 0 Å². The molecule has 3 aromatic rings. The Hall–Kier alpha value is -4.06. The number of hydrogen-bond donors (Lipinski definition) is 2. The molecule has 0 bridgehead atoms. The number of carbonyl (C=O) groups is 2. The molecule has 2 aromatic heterocycles. The second-order valence-electron chi connectivity index (χ2n) is 8.96. The molecule has 0 aliphatic carbocycles. The summed E-state index contributed by atoms with van der Waals surface area (Å²) in [6.45, 7) is 2.24. The van der Waals surface area contributed by atoms with Crippen molar-refractivity contribution in [3.8, 4) is 5.75 Å². The number of pyridine rings is 1. The molecule has 0 saturated carbocycles. The first-order valence-electron chi connectivity index (χ1n) is 11.7. The minimum absolute atomic E-state index is 0.0507. The van der Waals surface area contributed by atoms with E-state index in [9.17, 15) is 22.8 Å². The number of hydrogen-bond acceptors (Lipinski definition) is 8. The average molecular weight is 530 g/mol. The summed E-state index contributed by atoms with van der Waals surface area (Å²) in [4.78, 5) is 38.2. The number of methoxy groups -OCH3 is 1. The van der Waals surface area contributed by atoms with Gasteiger partial charge in [0.1, 0.15) is 11.6 Å². The lowest BCUT2D eigenvalue weighted by Crippen LogP contribution is -2.42. The molecule has 1 aromatic carbocycles. The summed E-state index contributed by atoms with van der Waals surface area (Å²) in [5.74, 6) is 0.0348. The Kier molecular flexibility index (Phi) is 7.91. The summed E-state index contributed by atoms with van der Waals surface area (Å²) in [5.41, 5.74) is -0.891. The number of rotatable bonds is 9. The van der Waals surface area contributed by atoms with E-state index in [4.69, 9.17) is 9.47 Å². The number of aromatic nitrogens is 3. The lowest BCUT2D eigenvalue weighted by molar-refractivity contribution is -0.137. The smallest absolute Gasteiger partial charge is 0.418 e. The Morgan fingerprint density at radius 3 is 2.47 bits per heavy atom.